The van der Waals surface area contributed by atoms with Gasteiger partial charge < -0.3 is 10.4 Å². The van der Waals surface area contributed by atoms with E-state index >= 15 is 0 Å². The van der Waals surface area contributed by atoms with Crippen molar-refractivity contribution < 1.29 is 9.90 Å². The van der Waals surface area contributed by atoms with Crippen LogP contribution in [0, 0.1) is 6.92 Å². The molecule has 0 aliphatic rings. The summed E-state index contributed by atoms with van der Waals surface area (Å²) in [6.45, 7) is 1.91. The molecule has 0 aliphatic carbocycles. The molecule has 2 aromatic carbocycles. The van der Waals surface area contributed by atoms with Crippen LogP contribution in [0.2, 0.25) is 0 Å². The van der Waals surface area contributed by atoms with Gasteiger partial charge in [-0.1, -0.05) is 30.3 Å². The first kappa shape index (κ1) is 16.8. The number of hydrogen-bond acceptors (Lipinski definition) is 4. The molecule has 0 spiro atoms. The Hall–Kier alpha value is -3.05. The first-order valence-corrected chi connectivity index (χ1v) is 8.05. The van der Waals surface area contributed by atoms with E-state index in [1.54, 1.807) is 30.5 Å². The molecule has 1 aromatic heterocycles. The van der Waals surface area contributed by atoms with Gasteiger partial charge in [-0.2, -0.15) is 0 Å². The predicted octanol–water partition coefficient (Wildman–Crippen LogP) is 3.51. The third kappa shape index (κ3) is 4.49. The molecule has 0 saturated carbocycles. The monoisotopic (exact) mass is 333 g/mol. The molecule has 25 heavy (non-hydrogen) atoms. The molecule has 0 bridgehead atoms. The second-order valence-electron chi connectivity index (χ2n) is 5.78. The van der Waals surface area contributed by atoms with Crippen LogP contribution < -0.4 is 5.32 Å². The Kier molecular flexibility index (Phi) is 5.16. The zero-order valence-corrected chi connectivity index (χ0v) is 13.9. The highest BCUT2D eigenvalue weighted by atomic mass is 16.3. The Bertz CT molecular complexity index is 848. The molecule has 1 heterocycles. The predicted molar refractivity (Wildman–Crippen MR) is 96.9 cm³/mol. The molecule has 1 unspecified atom stereocenters. The highest BCUT2D eigenvalue weighted by Crippen LogP contribution is 2.20. The highest BCUT2D eigenvalue weighted by molar-refractivity contribution is 5.91. The number of aromatic nitrogens is 2. The molecule has 0 saturated heterocycles. The highest BCUT2D eigenvalue weighted by Gasteiger charge is 2.13. The summed E-state index contributed by atoms with van der Waals surface area (Å²) in [6.07, 6.45) is 0.909. The molecule has 0 aliphatic heterocycles. The van der Waals surface area contributed by atoms with Crippen molar-refractivity contribution >= 4 is 11.6 Å². The maximum atomic E-state index is 12.1. The van der Waals surface area contributed by atoms with Crippen LogP contribution in [0.3, 0.4) is 0 Å². The van der Waals surface area contributed by atoms with E-state index in [1.807, 2.05) is 43.3 Å². The third-order valence-electron chi connectivity index (χ3n) is 3.78. The summed E-state index contributed by atoms with van der Waals surface area (Å²) < 4.78 is 0. The summed E-state index contributed by atoms with van der Waals surface area (Å²) in [5.74, 6) is 0.410. The molecule has 126 valence electrons. The van der Waals surface area contributed by atoms with Crippen molar-refractivity contribution in [3.8, 4) is 11.4 Å². The van der Waals surface area contributed by atoms with Crippen LogP contribution in [-0.2, 0) is 4.79 Å². The van der Waals surface area contributed by atoms with Crippen LogP contribution in [0.4, 0.5) is 5.69 Å². The molecule has 0 radical (unpaired) electrons. The maximum Gasteiger partial charge on any atom is 0.227 e. The Balaban J connectivity index is 1.62. The van der Waals surface area contributed by atoms with E-state index in [9.17, 15) is 9.90 Å². The van der Waals surface area contributed by atoms with Gasteiger partial charge in [0.15, 0.2) is 5.82 Å². The van der Waals surface area contributed by atoms with Crippen LogP contribution in [0.15, 0.2) is 66.9 Å². The number of hydrogen-bond donors (Lipinski definition) is 2. The lowest BCUT2D eigenvalue weighted by Gasteiger charge is -2.11. The fourth-order valence-electron chi connectivity index (χ4n) is 2.47. The van der Waals surface area contributed by atoms with E-state index < -0.39 is 6.10 Å². The summed E-state index contributed by atoms with van der Waals surface area (Å²) >= 11 is 0. The molecule has 1 atom stereocenters. The smallest absolute Gasteiger partial charge is 0.227 e. The van der Waals surface area contributed by atoms with E-state index in [1.165, 1.54) is 0 Å². The Morgan fingerprint density at radius 1 is 1.08 bits per heavy atom. The van der Waals surface area contributed by atoms with E-state index in [2.05, 4.69) is 15.3 Å². The quantitative estimate of drug-likeness (QED) is 0.749. The van der Waals surface area contributed by atoms with E-state index in [-0.39, 0.29) is 12.3 Å². The Morgan fingerprint density at radius 3 is 2.48 bits per heavy atom. The van der Waals surface area contributed by atoms with Gasteiger partial charge in [-0.15, -0.1) is 0 Å². The van der Waals surface area contributed by atoms with Crippen molar-refractivity contribution in [1.29, 1.82) is 0 Å². The van der Waals surface area contributed by atoms with E-state index in [0.717, 1.165) is 16.8 Å². The number of carbonyl (C=O) groups excluding carboxylic acids is 1. The average molecular weight is 333 g/mol. The molecular weight excluding hydrogens is 314 g/mol. The third-order valence-corrected chi connectivity index (χ3v) is 3.78. The Morgan fingerprint density at radius 2 is 1.80 bits per heavy atom. The average Bonchev–Trinajstić information content (AvgIpc) is 2.63. The number of carbonyl (C=O) groups is 1. The second-order valence-corrected chi connectivity index (χ2v) is 5.78. The van der Waals surface area contributed by atoms with Crippen molar-refractivity contribution in [1.82, 2.24) is 9.97 Å². The summed E-state index contributed by atoms with van der Waals surface area (Å²) in [5.41, 5.74) is 3.18. The van der Waals surface area contributed by atoms with E-state index in [0.29, 0.717) is 11.5 Å². The van der Waals surface area contributed by atoms with Crippen molar-refractivity contribution in [2.24, 2.45) is 0 Å². The van der Waals surface area contributed by atoms with Gasteiger partial charge in [0.1, 0.15) is 0 Å². The molecule has 2 N–H and O–H groups in total. The SMILES string of the molecule is Cc1ccnc(-c2ccc(NC(=O)CC(O)c3ccccc3)cc2)n1. The summed E-state index contributed by atoms with van der Waals surface area (Å²) in [5, 5.41) is 12.9. The van der Waals surface area contributed by atoms with Gasteiger partial charge in [0.05, 0.1) is 12.5 Å². The van der Waals surface area contributed by atoms with Crippen LogP contribution in [0.5, 0.6) is 0 Å². The first-order valence-electron chi connectivity index (χ1n) is 8.05. The summed E-state index contributed by atoms with van der Waals surface area (Å²) in [4.78, 5) is 20.7. The minimum absolute atomic E-state index is 0.00670. The van der Waals surface area contributed by atoms with Gasteiger partial charge in [-0.25, -0.2) is 9.97 Å². The van der Waals surface area contributed by atoms with Gasteiger partial charge in [0.2, 0.25) is 5.91 Å². The van der Waals surface area contributed by atoms with E-state index in [4.69, 9.17) is 0 Å². The number of nitrogens with one attached hydrogen (secondary N) is 1. The number of aliphatic hydroxyl groups is 1. The zero-order valence-electron chi connectivity index (χ0n) is 13.9. The first-order chi connectivity index (χ1) is 12.1. The summed E-state index contributed by atoms with van der Waals surface area (Å²) in [6, 6.07) is 18.3. The van der Waals surface area contributed by atoms with Gasteiger partial charge in [-0.3, -0.25) is 4.79 Å². The number of amides is 1. The largest absolute Gasteiger partial charge is 0.388 e. The van der Waals surface area contributed by atoms with Gasteiger partial charge >= 0.3 is 0 Å². The summed E-state index contributed by atoms with van der Waals surface area (Å²) in [7, 11) is 0. The second kappa shape index (κ2) is 7.68. The fraction of sp³-hybridized carbons (Fsp3) is 0.150. The number of aliphatic hydroxyl groups excluding tert-OH is 1. The molecular formula is C20H19N3O2. The molecule has 5 heteroatoms. The maximum absolute atomic E-state index is 12.1. The van der Waals surface area contributed by atoms with Crippen molar-refractivity contribution in [3.05, 3.63) is 78.1 Å². The van der Waals surface area contributed by atoms with Crippen molar-refractivity contribution in [2.45, 2.75) is 19.4 Å². The molecule has 5 nitrogen and oxygen atoms in total. The fourth-order valence-corrected chi connectivity index (χ4v) is 2.47. The van der Waals surface area contributed by atoms with Crippen LogP contribution in [0.25, 0.3) is 11.4 Å². The lowest BCUT2D eigenvalue weighted by Crippen LogP contribution is -2.15. The normalized spacial score (nSPS) is 11.8. The molecule has 3 aromatic rings. The molecule has 3 rings (SSSR count). The molecule has 1 amide bonds. The minimum Gasteiger partial charge on any atom is -0.388 e. The Labute approximate surface area is 146 Å². The molecule has 0 fully saturated rings. The van der Waals surface area contributed by atoms with Gasteiger partial charge in [0, 0.05) is 23.1 Å². The number of benzene rings is 2. The zero-order chi connectivity index (χ0) is 17.6. The van der Waals surface area contributed by atoms with Crippen LogP contribution in [0.1, 0.15) is 23.8 Å². The standard InChI is InChI=1S/C20H19N3O2/c1-14-11-12-21-20(22-14)16-7-9-17(10-8-16)23-19(25)13-18(24)15-5-3-2-4-6-15/h2-12,18,24H,13H2,1H3,(H,23,25). The van der Waals surface area contributed by atoms with Gasteiger partial charge in [0.25, 0.3) is 0 Å². The number of aryl methyl sites for hydroxylation is 1. The minimum atomic E-state index is -0.818. The topological polar surface area (TPSA) is 75.1 Å². The van der Waals surface area contributed by atoms with Crippen molar-refractivity contribution in [3.63, 3.8) is 0 Å². The number of rotatable bonds is 5. The van der Waals surface area contributed by atoms with Crippen LogP contribution >= 0.6 is 0 Å². The van der Waals surface area contributed by atoms with Crippen molar-refractivity contribution in [2.75, 3.05) is 5.32 Å². The number of nitrogens with zero attached hydrogens (tertiary/aromatic N) is 2. The van der Waals surface area contributed by atoms with Crippen LogP contribution in [-0.4, -0.2) is 21.0 Å². The number of anilines is 1. The van der Waals surface area contributed by atoms with Gasteiger partial charge in [-0.05, 0) is 42.8 Å². The lowest BCUT2D eigenvalue weighted by atomic mass is 10.1. The lowest BCUT2D eigenvalue weighted by molar-refractivity contribution is -0.118.